The second-order valence-electron chi connectivity index (χ2n) is 5.46. The summed E-state index contributed by atoms with van der Waals surface area (Å²) >= 11 is 0. The lowest BCUT2D eigenvalue weighted by atomic mass is 10.2. The highest BCUT2D eigenvalue weighted by molar-refractivity contribution is 5.77. The zero-order valence-corrected chi connectivity index (χ0v) is 15.0. The van der Waals surface area contributed by atoms with E-state index < -0.39 is 0 Å². The summed E-state index contributed by atoms with van der Waals surface area (Å²) in [6, 6.07) is 14.4. The highest BCUT2D eigenvalue weighted by atomic mass is 16.5. The number of benzene rings is 2. The molecule has 0 aliphatic heterocycles. The van der Waals surface area contributed by atoms with Crippen LogP contribution >= 0.6 is 0 Å². The predicted octanol–water partition coefficient (Wildman–Crippen LogP) is 2.45. The van der Waals surface area contributed by atoms with Gasteiger partial charge in [0, 0.05) is 5.56 Å². The van der Waals surface area contributed by atoms with Gasteiger partial charge in [0.1, 0.15) is 5.75 Å². The Balaban J connectivity index is 1.51. The molecule has 1 amide bonds. The molecule has 1 heterocycles. The highest BCUT2D eigenvalue weighted by Gasteiger charge is 2.11. The van der Waals surface area contributed by atoms with Crippen molar-refractivity contribution in [1.82, 2.24) is 15.5 Å². The van der Waals surface area contributed by atoms with Gasteiger partial charge < -0.3 is 24.1 Å². The molecule has 140 valence electrons. The lowest BCUT2D eigenvalue weighted by molar-refractivity contribution is -0.123. The van der Waals surface area contributed by atoms with Gasteiger partial charge in [-0.05, 0) is 36.4 Å². The first kappa shape index (κ1) is 18.2. The summed E-state index contributed by atoms with van der Waals surface area (Å²) in [5.41, 5.74) is 0.789. The maximum atomic E-state index is 12.0. The van der Waals surface area contributed by atoms with Crippen molar-refractivity contribution >= 4 is 5.91 Å². The molecule has 3 rings (SSSR count). The Morgan fingerprint density at radius 2 is 1.78 bits per heavy atom. The summed E-state index contributed by atoms with van der Waals surface area (Å²) < 4.78 is 20.9. The van der Waals surface area contributed by atoms with Gasteiger partial charge in [-0.1, -0.05) is 17.3 Å². The van der Waals surface area contributed by atoms with Crippen LogP contribution in [-0.2, 0) is 11.3 Å². The number of nitrogens with one attached hydrogen (secondary N) is 1. The molecule has 3 aromatic rings. The molecule has 0 saturated heterocycles. The van der Waals surface area contributed by atoms with Crippen molar-refractivity contribution in [2.45, 2.75) is 6.54 Å². The van der Waals surface area contributed by atoms with Crippen LogP contribution in [0.25, 0.3) is 11.4 Å². The molecule has 27 heavy (non-hydrogen) atoms. The Hall–Kier alpha value is -3.55. The Labute approximate surface area is 156 Å². The van der Waals surface area contributed by atoms with Crippen LogP contribution in [0.5, 0.6) is 17.2 Å². The van der Waals surface area contributed by atoms with Crippen molar-refractivity contribution < 1.29 is 23.5 Å². The summed E-state index contributed by atoms with van der Waals surface area (Å²) in [6.45, 7) is -0.0445. The molecule has 0 atom stereocenters. The molecular weight excluding hydrogens is 350 g/mol. The normalized spacial score (nSPS) is 10.3. The maximum Gasteiger partial charge on any atom is 0.258 e. The molecular formula is C19H19N3O5. The second kappa shape index (κ2) is 8.70. The fraction of sp³-hybridized carbons (Fsp3) is 0.211. The van der Waals surface area contributed by atoms with E-state index >= 15 is 0 Å². The first-order valence-corrected chi connectivity index (χ1v) is 8.19. The van der Waals surface area contributed by atoms with Crippen molar-refractivity contribution in [3.63, 3.8) is 0 Å². The zero-order valence-electron chi connectivity index (χ0n) is 15.0. The van der Waals surface area contributed by atoms with Crippen molar-refractivity contribution in [3.8, 4) is 28.6 Å². The molecule has 0 saturated carbocycles. The summed E-state index contributed by atoms with van der Waals surface area (Å²) in [6.07, 6.45) is 0. The smallest absolute Gasteiger partial charge is 0.258 e. The fourth-order valence-corrected chi connectivity index (χ4v) is 2.29. The van der Waals surface area contributed by atoms with E-state index in [2.05, 4.69) is 15.5 Å². The average Bonchev–Trinajstić information content (AvgIpc) is 3.20. The van der Waals surface area contributed by atoms with Gasteiger partial charge in [-0.25, -0.2) is 0 Å². The van der Waals surface area contributed by atoms with E-state index in [1.807, 2.05) is 30.3 Å². The van der Waals surface area contributed by atoms with Crippen molar-refractivity contribution in [2.24, 2.45) is 0 Å². The van der Waals surface area contributed by atoms with E-state index in [0.29, 0.717) is 23.2 Å². The summed E-state index contributed by atoms with van der Waals surface area (Å²) in [7, 11) is 3.14. The van der Waals surface area contributed by atoms with E-state index in [9.17, 15) is 4.79 Å². The third kappa shape index (κ3) is 4.75. The molecule has 1 N–H and O–H groups in total. The number of carbonyl (C=O) groups is 1. The van der Waals surface area contributed by atoms with E-state index in [1.54, 1.807) is 25.3 Å². The molecule has 0 aliphatic rings. The third-order valence-electron chi connectivity index (χ3n) is 3.68. The third-order valence-corrected chi connectivity index (χ3v) is 3.68. The van der Waals surface area contributed by atoms with Crippen molar-refractivity contribution in [1.29, 1.82) is 0 Å². The van der Waals surface area contributed by atoms with Crippen LogP contribution in [0.3, 0.4) is 0 Å². The number of para-hydroxylation sites is 2. The average molecular weight is 369 g/mol. The van der Waals surface area contributed by atoms with Crippen LogP contribution in [0.2, 0.25) is 0 Å². The van der Waals surface area contributed by atoms with Crippen molar-refractivity contribution in [3.05, 3.63) is 54.4 Å². The minimum atomic E-state index is -0.315. The van der Waals surface area contributed by atoms with E-state index in [-0.39, 0.29) is 19.1 Å². The Morgan fingerprint density at radius 3 is 2.48 bits per heavy atom. The van der Waals surface area contributed by atoms with E-state index in [1.165, 1.54) is 7.11 Å². The van der Waals surface area contributed by atoms with E-state index in [0.717, 1.165) is 11.3 Å². The first-order chi connectivity index (χ1) is 13.2. The highest BCUT2D eigenvalue weighted by Crippen LogP contribution is 2.25. The maximum absolute atomic E-state index is 12.0. The molecule has 0 bridgehead atoms. The summed E-state index contributed by atoms with van der Waals surface area (Å²) in [5.74, 6) is 2.22. The van der Waals surface area contributed by atoms with Gasteiger partial charge >= 0.3 is 0 Å². The van der Waals surface area contributed by atoms with Crippen LogP contribution < -0.4 is 19.5 Å². The predicted molar refractivity (Wildman–Crippen MR) is 96.6 cm³/mol. The number of nitrogens with zero attached hydrogens (tertiary/aromatic N) is 2. The molecule has 0 fully saturated rings. The molecule has 0 aliphatic carbocycles. The Bertz CT molecular complexity index is 892. The number of hydrogen-bond donors (Lipinski definition) is 1. The lowest BCUT2D eigenvalue weighted by Crippen LogP contribution is -2.28. The zero-order chi connectivity index (χ0) is 19.1. The largest absolute Gasteiger partial charge is 0.497 e. The van der Waals surface area contributed by atoms with Gasteiger partial charge in [-0.2, -0.15) is 4.98 Å². The van der Waals surface area contributed by atoms with Crippen LogP contribution in [0, 0.1) is 0 Å². The fourth-order valence-electron chi connectivity index (χ4n) is 2.29. The van der Waals surface area contributed by atoms with Crippen LogP contribution in [0.1, 0.15) is 5.89 Å². The van der Waals surface area contributed by atoms with Gasteiger partial charge in [0.05, 0.1) is 20.8 Å². The van der Waals surface area contributed by atoms with Crippen LogP contribution in [0.4, 0.5) is 0 Å². The molecule has 0 radical (unpaired) electrons. The Kier molecular flexibility index (Phi) is 5.88. The second-order valence-corrected chi connectivity index (χ2v) is 5.46. The quantitative estimate of drug-likeness (QED) is 0.651. The minimum Gasteiger partial charge on any atom is -0.497 e. The number of methoxy groups -OCH3 is 2. The van der Waals surface area contributed by atoms with Crippen molar-refractivity contribution in [2.75, 3.05) is 20.8 Å². The van der Waals surface area contributed by atoms with Crippen LogP contribution in [0.15, 0.2) is 53.1 Å². The number of hydrogen-bond acceptors (Lipinski definition) is 7. The standard InChI is InChI=1S/C19H19N3O5/c1-24-14-9-7-13(8-10-14)19-21-18(27-22-19)11-20-17(23)12-26-16-6-4-3-5-15(16)25-2/h3-10H,11-12H2,1-2H3,(H,20,23). The molecule has 0 unspecified atom stereocenters. The number of carbonyl (C=O) groups excluding carboxylic acids is 1. The number of rotatable bonds is 8. The number of amides is 1. The molecule has 8 heteroatoms. The molecule has 1 aromatic heterocycles. The monoisotopic (exact) mass is 369 g/mol. The van der Waals surface area contributed by atoms with Gasteiger partial charge in [-0.15, -0.1) is 0 Å². The van der Waals surface area contributed by atoms with Gasteiger partial charge in [-0.3, -0.25) is 4.79 Å². The first-order valence-electron chi connectivity index (χ1n) is 8.19. The Morgan fingerprint density at radius 1 is 1.04 bits per heavy atom. The number of ether oxygens (including phenoxy) is 3. The van der Waals surface area contributed by atoms with Gasteiger partial charge in [0.25, 0.3) is 5.91 Å². The molecule has 2 aromatic carbocycles. The lowest BCUT2D eigenvalue weighted by Gasteiger charge is -2.09. The van der Waals surface area contributed by atoms with E-state index in [4.69, 9.17) is 18.7 Å². The minimum absolute atomic E-state index is 0.108. The van der Waals surface area contributed by atoms with Gasteiger partial charge in [0.2, 0.25) is 11.7 Å². The summed E-state index contributed by atoms with van der Waals surface area (Å²) in [4.78, 5) is 16.2. The molecule has 8 nitrogen and oxygen atoms in total. The topological polar surface area (TPSA) is 95.7 Å². The van der Waals surface area contributed by atoms with Gasteiger partial charge in [0.15, 0.2) is 18.1 Å². The summed E-state index contributed by atoms with van der Waals surface area (Å²) in [5, 5.41) is 6.58. The van der Waals surface area contributed by atoms with Crippen LogP contribution in [-0.4, -0.2) is 36.9 Å². The number of aromatic nitrogens is 2. The SMILES string of the molecule is COc1ccc(-c2noc(CNC(=O)COc3ccccc3OC)n2)cc1. The molecule has 0 spiro atoms.